The molecule has 1 unspecified atom stereocenters. The van der Waals surface area contributed by atoms with Crippen molar-refractivity contribution in [2.24, 2.45) is 5.73 Å². The van der Waals surface area contributed by atoms with E-state index in [0.29, 0.717) is 5.92 Å². The number of nitrogens with one attached hydrogen (secondary N) is 1. The Morgan fingerprint density at radius 1 is 1.35 bits per heavy atom. The highest BCUT2D eigenvalue weighted by atomic mass is 16.2. The Morgan fingerprint density at radius 3 is 2.74 bits per heavy atom. The predicted octanol–water partition coefficient (Wildman–Crippen LogP) is 3.31. The van der Waals surface area contributed by atoms with E-state index >= 15 is 0 Å². The van der Waals surface area contributed by atoms with E-state index in [2.05, 4.69) is 43.1 Å². The Labute approximate surface area is 138 Å². The quantitative estimate of drug-likeness (QED) is 0.909. The lowest BCUT2D eigenvalue weighted by atomic mass is 9.87. The zero-order valence-corrected chi connectivity index (χ0v) is 14.1. The number of para-hydroxylation sites is 1. The van der Waals surface area contributed by atoms with Gasteiger partial charge in [0.1, 0.15) is 0 Å². The minimum absolute atomic E-state index is 0.126. The summed E-state index contributed by atoms with van der Waals surface area (Å²) in [4.78, 5) is 17.8. The first-order chi connectivity index (χ1) is 11.1. The van der Waals surface area contributed by atoms with Gasteiger partial charge < -0.3 is 15.6 Å². The largest absolute Gasteiger partial charge is 0.358 e. The maximum atomic E-state index is 12.4. The molecule has 124 valence electrons. The van der Waals surface area contributed by atoms with Gasteiger partial charge >= 0.3 is 0 Å². The molecular weight excluding hydrogens is 286 g/mol. The van der Waals surface area contributed by atoms with E-state index in [1.807, 2.05) is 4.90 Å². The van der Waals surface area contributed by atoms with E-state index in [1.165, 1.54) is 22.2 Å². The van der Waals surface area contributed by atoms with E-state index in [4.69, 9.17) is 5.73 Å². The number of nitrogens with two attached hydrogens (primary N) is 1. The topological polar surface area (TPSA) is 62.1 Å². The fourth-order valence-electron chi connectivity index (χ4n) is 3.88. The third kappa shape index (κ3) is 3.13. The Balaban J connectivity index is 1.71. The molecule has 1 atom stereocenters. The average Bonchev–Trinajstić information content (AvgIpc) is 2.90. The summed E-state index contributed by atoms with van der Waals surface area (Å²) < 4.78 is 0. The molecule has 4 heteroatoms. The summed E-state index contributed by atoms with van der Waals surface area (Å²) in [6.07, 6.45) is 3.78. The number of hydrogen-bond acceptors (Lipinski definition) is 2. The number of piperidine rings is 1. The second-order valence-corrected chi connectivity index (χ2v) is 6.70. The Morgan fingerprint density at radius 2 is 2.04 bits per heavy atom. The summed E-state index contributed by atoms with van der Waals surface area (Å²) in [5.41, 5.74) is 9.90. The van der Waals surface area contributed by atoms with Crippen molar-refractivity contribution in [2.75, 3.05) is 13.1 Å². The predicted molar refractivity (Wildman–Crippen MR) is 94.5 cm³/mol. The van der Waals surface area contributed by atoms with Crippen molar-refractivity contribution in [3.05, 3.63) is 35.5 Å². The molecule has 1 amide bonds. The number of carbonyl (C=O) groups excluding carboxylic acids is 1. The van der Waals surface area contributed by atoms with Gasteiger partial charge in [-0.1, -0.05) is 31.5 Å². The lowest BCUT2D eigenvalue weighted by molar-refractivity contribution is -0.133. The fourth-order valence-corrected chi connectivity index (χ4v) is 3.88. The minimum Gasteiger partial charge on any atom is -0.358 e. The lowest BCUT2D eigenvalue weighted by Gasteiger charge is -2.34. The van der Waals surface area contributed by atoms with Crippen molar-refractivity contribution >= 4 is 16.8 Å². The van der Waals surface area contributed by atoms with Crippen LogP contribution in [-0.2, 0) is 4.79 Å². The molecule has 1 aliphatic rings. The molecule has 4 nitrogen and oxygen atoms in total. The summed E-state index contributed by atoms with van der Waals surface area (Å²) in [7, 11) is 0. The van der Waals surface area contributed by atoms with Gasteiger partial charge in [0.05, 0.1) is 6.04 Å². The van der Waals surface area contributed by atoms with E-state index < -0.39 is 0 Å². The van der Waals surface area contributed by atoms with Crippen molar-refractivity contribution < 1.29 is 4.79 Å². The number of benzene rings is 1. The summed E-state index contributed by atoms with van der Waals surface area (Å²) in [5.74, 6) is 0.651. The van der Waals surface area contributed by atoms with Crippen LogP contribution < -0.4 is 5.73 Å². The van der Waals surface area contributed by atoms with Crippen LogP contribution in [-0.4, -0.2) is 34.9 Å². The van der Waals surface area contributed by atoms with Crippen LogP contribution in [0.5, 0.6) is 0 Å². The summed E-state index contributed by atoms with van der Waals surface area (Å²) in [6.45, 7) is 5.86. The van der Waals surface area contributed by atoms with Gasteiger partial charge in [-0.25, -0.2) is 0 Å². The Kier molecular flexibility index (Phi) is 4.71. The number of carbonyl (C=O) groups is 1. The van der Waals surface area contributed by atoms with E-state index in [-0.39, 0.29) is 11.9 Å². The van der Waals surface area contributed by atoms with E-state index in [1.54, 1.807) is 0 Å². The number of amides is 1. The zero-order valence-electron chi connectivity index (χ0n) is 14.1. The SMILES string of the molecule is CCCC(N)C(=O)N1CCC(c2c(C)[nH]c3ccccc23)CC1. The van der Waals surface area contributed by atoms with E-state index in [9.17, 15) is 4.79 Å². The maximum absolute atomic E-state index is 12.4. The number of aromatic nitrogens is 1. The van der Waals surface area contributed by atoms with Crippen LogP contribution in [0.2, 0.25) is 0 Å². The standard InChI is InChI=1S/C19H27N3O/c1-3-6-16(20)19(23)22-11-9-14(10-12-22)18-13(2)21-17-8-5-4-7-15(17)18/h4-5,7-8,14,16,21H,3,6,9-12,20H2,1-2H3. The number of aryl methyl sites for hydroxylation is 1. The third-order valence-corrected chi connectivity index (χ3v) is 5.08. The maximum Gasteiger partial charge on any atom is 0.239 e. The highest BCUT2D eigenvalue weighted by Gasteiger charge is 2.28. The van der Waals surface area contributed by atoms with Crippen molar-refractivity contribution in [1.29, 1.82) is 0 Å². The molecule has 1 saturated heterocycles. The third-order valence-electron chi connectivity index (χ3n) is 5.08. The molecule has 0 spiro atoms. The number of H-pyrrole nitrogens is 1. The van der Waals surface area contributed by atoms with Crippen molar-refractivity contribution in [3.63, 3.8) is 0 Å². The summed E-state index contributed by atoms with van der Waals surface area (Å²) >= 11 is 0. The first-order valence-corrected chi connectivity index (χ1v) is 8.73. The number of hydrogen-bond donors (Lipinski definition) is 2. The van der Waals surface area contributed by atoms with Crippen LogP contribution in [0.25, 0.3) is 10.9 Å². The second kappa shape index (κ2) is 6.75. The van der Waals surface area contributed by atoms with Gasteiger partial charge in [-0.15, -0.1) is 0 Å². The number of fused-ring (bicyclic) bond motifs is 1. The molecule has 0 bridgehead atoms. The normalized spacial score (nSPS) is 17.6. The summed E-state index contributed by atoms with van der Waals surface area (Å²) in [5, 5.41) is 1.33. The van der Waals surface area contributed by atoms with Gasteiger partial charge in [0.25, 0.3) is 0 Å². The zero-order chi connectivity index (χ0) is 16.4. The molecule has 2 heterocycles. The molecular formula is C19H27N3O. The highest BCUT2D eigenvalue weighted by Crippen LogP contribution is 2.35. The first kappa shape index (κ1) is 16.1. The lowest BCUT2D eigenvalue weighted by Crippen LogP contribution is -2.46. The Hall–Kier alpha value is -1.81. The number of nitrogens with zero attached hydrogens (tertiary/aromatic N) is 1. The van der Waals surface area contributed by atoms with Crippen LogP contribution in [0.4, 0.5) is 0 Å². The van der Waals surface area contributed by atoms with E-state index in [0.717, 1.165) is 38.8 Å². The molecule has 23 heavy (non-hydrogen) atoms. The van der Waals surface area contributed by atoms with Gasteiger partial charge in [0.15, 0.2) is 0 Å². The molecule has 1 aliphatic heterocycles. The molecule has 0 radical (unpaired) electrons. The van der Waals surface area contributed by atoms with Gasteiger partial charge in [-0.05, 0) is 43.7 Å². The van der Waals surface area contributed by atoms with Gasteiger partial charge in [-0.2, -0.15) is 0 Å². The van der Waals surface area contributed by atoms with Gasteiger partial charge in [0, 0.05) is 29.7 Å². The van der Waals surface area contributed by atoms with Crippen molar-refractivity contribution in [1.82, 2.24) is 9.88 Å². The first-order valence-electron chi connectivity index (χ1n) is 8.73. The molecule has 2 aromatic rings. The van der Waals surface area contributed by atoms with Gasteiger partial charge in [-0.3, -0.25) is 4.79 Å². The van der Waals surface area contributed by atoms with Crippen molar-refractivity contribution in [3.8, 4) is 0 Å². The molecule has 3 N–H and O–H groups in total. The molecule has 1 aromatic heterocycles. The highest BCUT2D eigenvalue weighted by molar-refractivity contribution is 5.85. The minimum atomic E-state index is -0.327. The Bertz CT molecular complexity index is 683. The monoisotopic (exact) mass is 313 g/mol. The molecule has 1 fully saturated rings. The van der Waals surface area contributed by atoms with Crippen LogP contribution >= 0.6 is 0 Å². The van der Waals surface area contributed by atoms with Crippen LogP contribution in [0.15, 0.2) is 24.3 Å². The molecule has 0 saturated carbocycles. The molecule has 0 aliphatic carbocycles. The number of rotatable bonds is 4. The second-order valence-electron chi connectivity index (χ2n) is 6.70. The summed E-state index contributed by atoms with van der Waals surface area (Å²) in [6, 6.07) is 8.17. The fraction of sp³-hybridized carbons (Fsp3) is 0.526. The number of likely N-dealkylation sites (tertiary alicyclic amines) is 1. The average molecular weight is 313 g/mol. The van der Waals surface area contributed by atoms with Crippen LogP contribution in [0.3, 0.4) is 0 Å². The van der Waals surface area contributed by atoms with Crippen LogP contribution in [0, 0.1) is 6.92 Å². The molecule has 1 aromatic carbocycles. The number of aromatic amines is 1. The smallest absolute Gasteiger partial charge is 0.239 e. The van der Waals surface area contributed by atoms with Gasteiger partial charge in [0.2, 0.25) is 5.91 Å². The van der Waals surface area contributed by atoms with Crippen LogP contribution in [0.1, 0.15) is 49.8 Å². The van der Waals surface area contributed by atoms with Crippen molar-refractivity contribution in [2.45, 2.75) is 51.5 Å². The molecule has 3 rings (SSSR count).